The largest absolute Gasteiger partial charge is 0.310 e. The molecule has 0 radical (unpaired) electrons. The van der Waals surface area contributed by atoms with Crippen molar-refractivity contribution in [1.82, 2.24) is 4.31 Å². The highest BCUT2D eigenvalue weighted by Crippen LogP contribution is 2.28. The molecule has 0 spiro atoms. The summed E-state index contributed by atoms with van der Waals surface area (Å²) in [5.74, 6) is -0.389. The average molecular weight is 479 g/mol. The molecule has 0 unspecified atom stereocenters. The second-order valence-electron chi connectivity index (χ2n) is 8.48. The first kappa shape index (κ1) is 24.4. The zero-order chi connectivity index (χ0) is 23.5. The van der Waals surface area contributed by atoms with E-state index in [1.165, 1.54) is 16.4 Å². The molecule has 0 aromatic heterocycles. The number of sulfone groups is 1. The highest BCUT2D eigenvalue weighted by atomic mass is 32.2. The van der Waals surface area contributed by atoms with E-state index in [0.29, 0.717) is 31.6 Å². The van der Waals surface area contributed by atoms with Crippen LogP contribution in [-0.4, -0.2) is 52.4 Å². The van der Waals surface area contributed by atoms with Crippen LogP contribution in [0.2, 0.25) is 0 Å². The summed E-state index contributed by atoms with van der Waals surface area (Å²) in [6.45, 7) is 4.43. The van der Waals surface area contributed by atoms with E-state index in [1.807, 2.05) is 32.0 Å². The molecule has 174 valence electrons. The number of piperidine rings is 1. The lowest BCUT2D eigenvalue weighted by Crippen LogP contribution is -2.46. The monoisotopic (exact) mass is 478 g/mol. The summed E-state index contributed by atoms with van der Waals surface area (Å²) >= 11 is 0. The Morgan fingerprint density at radius 3 is 2.03 bits per heavy atom. The van der Waals surface area contributed by atoms with Crippen LogP contribution in [0, 0.1) is 5.92 Å². The number of amides is 1. The van der Waals surface area contributed by atoms with Gasteiger partial charge in [0.15, 0.2) is 9.84 Å². The van der Waals surface area contributed by atoms with Gasteiger partial charge >= 0.3 is 0 Å². The van der Waals surface area contributed by atoms with Gasteiger partial charge in [-0.3, -0.25) is 4.79 Å². The molecule has 1 aliphatic heterocycles. The lowest BCUT2D eigenvalue weighted by atomic mass is 9.95. The minimum absolute atomic E-state index is 0.0444. The summed E-state index contributed by atoms with van der Waals surface area (Å²) in [6.07, 6.45) is 2.06. The van der Waals surface area contributed by atoms with Crippen LogP contribution >= 0.6 is 0 Å². The number of sulfonamides is 1. The first-order chi connectivity index (χ1) is 15.0. The van der Waals surface area contributed by atoms with Gasteiger partial charge in [-0.25, -0.2) is 21.1 Å². The summed E-state index contributed by atoms with van der Waals surface area (Å²) in [6, 6.07) is 15.3. The number of rotatable bonds is 7. The molecule has 1 aliphatic rings. The number of carbonyl (C=O) groups is 1. The highest BCUT2D eigenvalue weighted by Gasteiger charge is 2.34. The SMILES string of the molecule is CC(C)N(C(=O)C1CCN(S(=O)(=O)Cc2ccccc2)CC1)c1ccc(S(C)(=O)=O)cc1. The Morgan fingerprint density at radius 1 is 0.969 bits per heavy atom. The van der Waals surface area contributed by atoms with Crippen LogP contribution in [0.15, 0.2) is 59.5 Å². The molecule has 0 atom stereocenters. The van der Waals surface area contributed by atoms with Gasteiger partial charge in [-0.15, -0.1) is 0 Å². The van der Waals surface area contributed by atoms with Gasteiger partial charge < -0.3 is 4.90 Å². The van der Waals surface area contributed by atoms with Gasteiger partial charge in [0.2, 0.25) is 15.9 Å². The Morgan fingerprint density at radius 2 is 1.53 bits per heavy atom. The molecule has 1 saturated heterocycles. The Bertz CT molecular complexity index is 1140. The Balaban J connectivity index is 1.68. The number of anilines is 1. The van der Waals surface area contributed by atoms with Gasteiger partial charge in [0.25, 0.3) is 0 Å². The molecule has 1 fully saturated rings. The maximum Gasteiger partial charge on any atom is 0.230 e. The third kappa shape index (κ3) is 5.76. The molecule has 2 aromatic rings. The predicted molar refractivity (Wildman–Crippen MR) is 126 cm³/mol. The van der Waals surface area contributed by atoms with Crippen molar-refractivity contribution in [3.05, 3.63) is 60.2 Å². The smallest absolute Gasteiger partial charge is 0.230 e. The fourth-order valence-electron chi connectivity index (χ4n) is 3.99. The van der Waals surface area contributed by atoms with Crippen molar-refractivity contribution in [2.24, 2.45) is 5.92 Å². The van der Waals surface area contributed by atoms with Gasteiger partial charge in [0.05, 0.1) is 10.6 Å². The topological polar surface area (TPSA) is 91.8 Å². The van der Waals surface area contributed by atoms with E-state index in [0.717, 1.165) is 11.8 Å². The molecule has 32 heavy (non-hydrogen) atoms. The quantitative estimate of drug-likeness (QED) is 0.610. The Labute approximate surface area is 191 Å². The van der Waals surface area contributed by atoms with E-state index in [2.05, 4.69) is 0 Å². The van der Waals surface area contributed by atoms with E-state index in [4.69, 9.17) is 0 Å². The normalized spacial score (nSPS) is 16.2. The summed E-state index contributed by atoms with van der Waals surface area (Å²) in [5, 5.41) is 0. The number of benzene rings is 2. The lowest BCUT2D eigenvalue weighted by Gasteiger charge is -2.35. The number of hydrogen-bond donors (Lipinski definition) is 0. The van der Waals surface area contributed by atoms with E-state index < -0.39 is 19.9 Å². The zero-order valence-electron chi connectivity index (χ0n) is 18.6. The van der Waals surface area contributed by atoms with Crippen molar-refractivity contribution >= 4 is 31.5 Å². The third-order valence-corrected chi connectivity index (χ3v) is 8.66. The first-order valence-electron chi connectivity index (χ1n) is 10.6. The zero-order valence-corrected chi connectivity index (χ0v) is 20.3. The predicted octanol–water partition coefficient (Wildman–Crippen LogP) is 3.07. The van der Waals surface area contributed by atoms with E-state index in [1.54, 1.807) is 29.2 Å². The van der Waals surface area contributed by atoms with Gasteiger partial charge in [0.1, 0.15) is 0 Å². The van der Waals surface area contributed by atoms with Crippen molar-refractivity contribution in [3.63, 3.8) is 0 Å². The molecule has 0 aliphatic carbocycles. The fraction of sp³-hybridized carbons (Fsp3) is 0.435. The van der Waals surface area contributed by atoms with E-state index >= 15 is 0 Å². The van der Waals surface area contributed by atoms with E-state index in [-0.39, 0.29) is 28.5 Å². The molecule has 9 heteroatoms. The molecule has 7 nitrogen and oxygen atoms in total. The minimum atomic E-state index is -3.44. The highest BCUT2D eigenvalue weighted by molar-refractivity contribution is 7.90. The fourth-order valence-corrected chi connectivity index (χ4v) is 6.18. The number of carbonyl (C=O) groups excluding carboxylic acids is 1. The first-order valence-corrected chi connectivity index (χ1v) is 14.1. The second kappa shape index (κ2) is 9.72. The van der Waals surface area contributed by atoms with Crippen molar-refractivity contribution in [1.29, 1.82) is 0 Å². The molecular weight excluding hydrogens is 448 g/mol. The van der Waals surface area contributed by atoms with Crippen LogP contribution in [0.3, 0.4) is 0 Å². The van der Waals surface area contributed by atoms with Gasteiger partial charge in [-0.1, -0.05) is 30.3 Å². The average Bonchev–Trinajstić information content (AvgIpc) is 2.74. The third-order valence-electron chi connectivity index (χ3n) is 5.69. The maximum atomic E-state index is 13.3. The van der Waals surface area contributed by atoms with Gasteiger partial charge in [-0.05, 0) is 56.5 Å². The van der Waals surface area contributed by atoms with Crippen LogP contribution < -0.4 is 4.90 Å². The lowest BCUT2D eigenvalue weighted by molar-refractivity contribution is -0.123. The molecule has 2 aromatic carbocycles. The molecule has 3 rings (SSSR count). The van der Waals surface area contributed by atoms with Crippen molar-refractivity contribution in [3.8, 4) is 0 Å². The summed E-state index contributed by atoms with van der Waals surface area (Å²) < 4.78 is 50.5. The molecule has 0 saturated carbocycles. The van der Waals surface area contributed by atoms with E-state index in [9.17, 15) is 21.6 Å². The van der Waals surface area contributed by atoms with Crippen LogP contribution in [0.4, 0.5) is 5.69 Å². The van der Waals surface area contributed by atoms with Crippen LogP contribution in [0.1, 0.15) is 32.3 Å². The summed E-state index contributed by atoms with van der Waals surface area (Å²) in [4.78, 5) is 15.2. The molecule has 0 bridgehead atoms. The minimum Gasteiger partial charge on any atom is -0.310 e. The number of nitrogens with zero attached hydrogens (tertiary/aromatic N) is 2. The maximum absolute atomic E-state index is 13.3. The van der Waals surface area contributed by atoms with Gasteiger partial charge in [-0.2, -0.15) is 0 Å². The molecular formula is C23H30N2O5S2. The van der Waals surface area contributed by atoms with Crippen molar-refractivity contribution < 1.29 is 21.6 Å². The van der Waals surface area contributed by atoms with Crippen LogP contribution in [0.25, 0.3) is 0 Å². The standard InChI is InChI=1S/C23H30N2O5S2/c1-18(2)25(21-9-11-22(12-10-21)31(3,27)28)23(26)20-13-15-24(16-14-20)32(29,30)17-19-7-5-4-6-8-19/h4-12,18,20H,13-17H2,1-3H3. The molecule has 0 N–H and O–H groups in total. The Kier molecular flexibility index (Phi) is 7.42. The Hall–Kier alpha value is -2.23. The van der Waals surface area contributed by atoms with Crippen molar-refractivity contribution in [2.45, 2.75) is 43.4 Å². The van der Waals surface area contributed by atoms with Crippen molar-refractivity contribution in [2.75, 3.05) is 24.2 Å². The molecule has 1 heterocycles. The number of hydrogen-bond acceptors (Lipinski definition) is 5. The second-order valence-corrected chi connectivity index (χ2v) is 12.5. The van der Waals surface area contributed by atoms with Crippen LogP contribution in [0.5, 0.6) is 0 Å². The van der Waals surface area contributed by atoms with Gasteiger partial charge in [0, 0.05) is 37.0 Å². The summed E-state index contributed by atoms with van der Waals surface area (Å²) in [5.41, 5.74) is 1.38. The summed E-state index contributed by atoms with van der Waals surface area (Å²) in [7, 11) is -6.76. The molecule has 1 amide bonds. The van der Waals surface area contributed by atoms with Crippen LogP contribution in [-0.2, 0) is 30.4 Å².